The number of fused-ring (bicyclic) bond motifs is 3. The highest BCUT2D eigenvalue weighted by Gasteiger charge is 2.63. The highest BCUT2D eigenvalue weighted by molar-refractivity contribution is 6.04. The van der Waals surface area contributed by atoms with Crippen molar-refractivity contribution >= 4 is 33.3 Å². The van der Waals surface area contributed by atoms with Crippen LogP contribution in [0.2, 0.25) is 0 Å². The van der Waals surface area contributed by atoms with E-state index in [1.54, 1.807) is 44.4 Å². The average molecular weight is 585 g/mol. The number of alkyl halides is 4. The Morgan fingerprint density at radius 3 is 2.48 bits per heavy atom. The molecule has 0 radical (unpaired) electrons. The molecule has 0 amide bonds. The van der Waals surface area contributed by atoms with E-state index in [0.717, 1.165) is 4.90 Å². The molecule has 1 fully saturated rings. The van der Waals surface area contributed by atoms with Crippen LogP contribution >= 0.6 is 0 Å². The predicted molar refractivity (Wildman–Crippen MR) is 152 cm³/mol. The monoisotopic (exact) mass is 584 g/mol. The molecule has 4 aromatic rings. The molecular formula is C29H28F4N6O3. The zero-order chi connectivity index (χ0) is 30.6. The fraction of sp³-hybridized carbons (Fsp3) is 0.276. The topological polar surface area (TPSA) is 111 Å². The highest BCUT2D eigenvalue weighted by atomic mass is 19.3. The maximum Gasteiger partial charge on any atom is 0.333 e. The van der Waals surface area contributed by atoms with Gasteiger partial charge in [0.25, 0.3) is 0 Å². The number of hydrogen-bond acceptors (Lipinski definition) is 7. The zero-order valence-electron chi connectivity index (χ0n) is 23.0. The Hall–Kier alpha value is -4.65. The van der Waals surface area contributed by atoms with Gasteiger partial charge < -0.3 is 20.5 Å². The first kappa shape index (κ1) is 28.9. The molecule has 0 aliphatic carbocycles. The van der Waals surface area contributed by atoms with Crippen LogP contribution in [0.5, 0.6) is 0 Å². The summed E-state index contributed by atoms with van der Waals surface area (Å²) in [6.07, 6.45) is 4.56. The van der Waals surface area contributed by atoms with Gasteiger partial charge in [0, 0.05) is 29.8 Å². The first-order chi connectivity index (χ1) is 19.8. The van der Waals surface area contributed by atoms with Gasteiger partial charge in [0.15, 0.2) is 0 Å². The molecular weight excluding hydrogens is 556 g/mol. The van der Waals surface area contributed by atoms with Crippen LogP contribution in [0.3, 0.4) is 0 Å². The third kappa shape index (κ3) is 4.59. The Labute approximate surface area is 237 Å². The second kappa shape index (κ2) is 10.3. The molecule has 0 saturated carbocycles. The summed E-state index contributed by atoms with van der Waals surface area (Å²) >= 11 is 0. The SMILES string of the molecule is C=C(CO)/C(=C\C(=C/N)c1ccc2ncc3c(c2c1)n(-c1ccc(N2CC(F)(F)C(F)(F)C2)nc1C)c(=O)n3C)OC. The van der Waals surface area contributed by atoms with Crippen LogP contribution in [-0.2, 0) is 11.8 Å². The summed E-state index contributed by atoms with van der Waals surface area (Å²) in [5, 5.41) is 10.1. The Bertz CT molecular complexity index is 1840. The van der Waals surface area contributed by atoms with E-state index in [2.05, 4.69) is 16.5 Å². The second-order valence-electron chi connectivity index (χ2n) is 10.0. The van der Waals surface area contributed by atoms with Crippen LogP contribution < -0.4 is 16.3 Å². The van der Waals surface area contributed by atoms with Gasteiger partial charge >= 0.3 is 17.5 Å². The molecule has 5 rings (SSSR count). The minimum absolute atomic E-state index is 0.0434. The van der Waals surface area contributed by atoms with E-state index in [4.69, 9.17) is 10.5 Å². The predicted octanol–water partition coefficient (Wildman–Crippen LogP) is 4.05. The van der Waals surface area contributed by atoms with Gasteiger partial charge in [0.05, 0.1) is 60.9 Å². The van der Waals surface area contributed by atoms with Crippen molar-refractivity contribution in [1.82, 2.24) is 19.1 Å². The van der Waals surface area contributed by atoms with Gasteiger partial charge in [-0.25, -0.2) is 9.78 Å². The minimum atomic E-state index is -4.18. The fourth-order valence-corrected chi connectivity index (χ4v) is 5.03. The van der Waals surface area contributed by atoms with Gasteiger partial charge in [0.2, 0.25) is 0 Å². The van der Waals surface area contributed by atoms with Crippen LogP contribution in [0.1, 0.15) is 11.3 Å². The van der Waals surface area contributed by atoms with Gasteiger partial charge in [-0.15, -0.1) is 0 Å². The Morgan fingerprint density at radius 1 is 1.19 bits per heavy atom. The number of hydrogen-bond donors (Lipinski definition) is 2. The van der Waals surface area contributed by atoms with Gasteiger partial charge in [-0.2, -0.15) is 17.6 Å². The Kier molecular flexibility index (Phi) is 7.09. The van der Waals surface area contributed by atoms with Crippen molar-refractivity contribution in [2.45, 2.75) is 18.8 Å². The maximum absolute atomic E-state index is 13.8. The molecule has 1 aliphatic heterocycles. The number of benzene rings is 1. The summed E-state index contributed by atoms with van der Waals surface area (Å²) in [5.74, 6) is -8.08. The molecule has 1 saturated heterocycles. The van der Waals surface area contributed by atoms with E-state index in [1.807, 2.05) is 0 Å². The number of rotatable bonds is 7. The molecule has 0 unspecified atom stereocenters. The number of nitrogens with zero attached hydrogens (tertiary/aromatic N) is 5. The number of ether oxygens (including phenoxy) is 1. The summed E-state index contributed by atoms with van der Waals surface area (Å²) < 4.78 is 63.5. The number of aliphatic hydroxyl groups excluding tert-OH is 1. The number of halogens is 4. The van der Waals surface area contributed by atoms with Crippen LogP contribution in [0.25, 0.3) is 33.2 Å². The number of methoxy groups -OCH3 is 1. The van der Waals surface area contributed by atoms with E-state index >= 15 is 0 Å². The van der Waals surface area contributed by atoms with Crippen LogP contribution in [0, 0.1) is 6.92 Å². The molecule has 0 bridgehead atoms. The van der Waals surface area contributed by atoms with E-state index in [-0.39, 0.29) is 18.1 Å². The molecule has 42 heavy (non-hydrogen) atoms. The number of aromatic nitrogens is 4. The lowest BCUT2D eigenvalue weighted by molar-refractivity contribution is -0.172. The van der Waals surface area contributed by atoms with Gasteiger partial charge in [-0.05, 0) is 42.8 Å². The maximum atomic E-state index is 13.8. The number of anilines is 1. The summed E-state index contributed by atoms with van der Waals surface area (Å²) in [4.78, 5) is 23.2. The van der Waals surface area contributed by atoms with Crippen molar-refractivity contribution in [3.8, 4) is 5.69 Å². The van der Waals surface area contributed by atoms with Crippen molar-refractivity contribution in [2.75, 3.05) is 31.7 Å². The van der Waals surface area contributed by atoms with Gasteiger partial charge in [-0.3, -0.25) is 14.1 Å². The average Bonchev–Trinajstić information content (AvgIpc) is 3.35. The summed E-state index contributed by atoms with van der Waals surface area (Å²) in [6.45, 7) is 2.71. The van der Waals surface area contributed by atoms with E-state index in [0.29, 0.717) is 50.1 Å². The number of allylic oxidation sites excluding steroid dienone is 2. The first-order valence-corrected chi connectivity index (χ1v) is 12.8. The fourth-order valence-electron chi connectivity index (χ4n) is 5.03. The van der Waals surface area contributed by atoms with Crippen molar-refractivity contribution in [1.29, 1.82) is 0 Å². The van der Waals surface area contributed by atoms with E-state index in [9.17, 15) is 27.5 Å². The van der Waals surface area contributed by atoms with Crippen LogP contribution in [0.4, 0.5) is 23.4 Å². The van der Waals surface area contributed by atoms with Gasteiger partial charge in [-0.1, -0.05) is 12.6 Å². The smallest absolute Gasteiger partial charge is 0.333 e. The third-order valence-electron chi connectivity index (χ3n) is 7.36. The molecule has 1 aliphatic rings. The molecule has 13 heteroatoms. The molecule has 0 atom stereocenters. The first-order valence-electron chi connectivity index (χ1n) is 12.8. The van der Waals surface area contributed by atoms with Crippen LogP contribution in [-0.4, -0.2) is 62.9 Å². The zero-order valence-corrected chi connectivity index (χ0v) is 23.0. The third-order valence-corrected chi connectivity index (χ3v) is 7.36. The van der Waals surface area contributed by atoms with Crippen molar-refractivity contribution in [2.24, 2.45) is 12.8 Å². The molecule has 220 valence electrons. The quantitative estimate of drug-likeness (QED) is 0.192. The number of aryl methyl sites for hydroxylation is 2. The number of aliphatic hydroxyl groups is 1. The lowest BCUT2D eigenvalue weighted by atomic mass is 10.0. The Balaban J connectivity index is 1.67. The van der Waals surface area contributed by atoms with E-state index in [1.165, 1.54) is 34.6 Å². The highest BCUT2D eigenvalue weighted by Crippen LogP contribution is 2.42. The minimum Gasteiger partial charge on any atom is -0.496 e. The molecule has 9 nitrogen and oxygen atoms in total. The van der Waals surface area contributed by atoms with Crippen LogP contribution in [0.15, 0.2) is 71.5 Å². The van der Waals surface area contributed by atoms with Crippen molar-refractivity contribution < 1.29 is 27.4 Å². The van der Waals surface area contributed by atoms with Crippen molar-refractivity contribution in [3.63, 3.8) is 0 Å². The number of imidazole rings is 1. The van der Waals surface area contributed by atoms with E-state index < -0.39 is 30.6 Å². The molecule has 3 aromatic heterocycles. The molecule has 0 spiro atoms. The summed E-state index contributed by atoms with van der Waals surface area (Å²) in [7, 11) is 3.03. The number of pyridine rings is 2. The normalized spacial score (nSPS) is 16.9. The van der Waals surface area contributed by atoms with Crippen molar-refractivity contribution in [3.05, 3.63) is 88.5 Å². The second-order valence-corrected chi connectivity index (χ2v) is 10.0. The Morgan fingerprint density at radius 2 is 1.88 bits per heavy atom. The van der Waals surface area contributed by atoms with Gasteiger partial charge in [0.1, 0.15) is 11.6 Å². The summed E-state index contributed by atoms with van der Waals surface area (Å²) in [5.41, 5.74) is 9.28. The molecule has 4 heterocycles. The lowest BCUT2D eigenvalue weighted by Gasteiger charge is -2.18. The number of nitrogens with two attached hydrogens (primary N) is 1. The largest absolute Gasteiger partial charge is 0.496 e. The lowest BCUT2D eigenvalue weighted by Crippen LogP contribution is -2.38. The molecule has 1 aromatic carbocycles. The summed E-state index contributed by atoms with van der Waals surface area (Å²) in [6, 6.07) is 8.21. The molecule has 3 N–H and O–H groups in total. The standard InChI is InChI=1S/C29H28F4N6O3/c1-16(13-40)24(42-4)10-19(11-34)18-5-6-21-20(9-18)26-23(12-35-21)37(3)27(41)39(26)22-7-8-25(36-17(22)2)38-14-28(30,31)29(32,33)15-38/h5-12,40H,1,13-15,34H2,2-4H3/b19-11+,24-10+.